The highest BCUT2D eigenvalue weighted by Crippen LogP contribution is 2.32. The second-order valence-corrected chi connectivity index (χ2v) is 5.21. The molecule has 0 aliphatic heterocycles. The summed E-state index contributed by atoms with van der Waals surface area (Å²) >= 11 is 3.46. The highest BCUT2D eigenvalue weighted by molar-refractivity contribution is 9.10. The predicted molar refractivity (Wildman–Crippen MR) is 69.5 cm³/mol. The summed E-state index contributed by atoms with van der Waals surface area (Å²) in [4.78, 5) is 2.35. The van der Waals surface area contributed by atoms with Crippen molar-refractivity contribution < 1.29 is 0 Å². The van der Waals surface area contributed by atoms with Crippen LogP contribution in [0, 0.1) is 17.2 Å². The van der Waals surface area contributed by atoms with Gasteiger partial charge in [-0.1, -0.05) is 15.9 Å². The van der Waals surface area contributed by atoms with E-state index in [-0.39, 0.29) is 0 Å². The molecule has 1 saturated carbocycles. The summed E-state index contributed by atoms with van der Waals surface area (Å²) in [5.41, 5.74) is 1.87. The quantitative estimate of drug-likeness (QED) is 0.842. The van der Waals surface area contributed by atoms with E-state index in [1.54, 1.807) is 0 Å². The van der Waals surface area contributed by atoms with Crippen LogP contribution in [0.3, 0.4) is 0 Å². The normalized spacial score (nSPS) is 14.6. The molecule has 84 valence electrons. The summed E-state index contributed by atoms with van der Waals surface area (Å²) in [6, 6.07) is 8.11. The second kappa shape index (κ2) is 4.88. The number of hydrogen-bond donors (Lipinski definition) is 0. The molecule has 1 fully saturated rings. The fourth-order valence-electron chi connectivity index (χ4n) is 1.85. The average molecular weight is 279 g/mol. The lowest BCUT2D eigenvalue weighted by Crippen LogP contribution is -2.25. The van der Waals surface area contributed by atoms with E-state index < -0.39 is 0 Å². The highest BCUT2D eigenvalue weighted by atomic mass is 79.9. The van der Waals surface area contributed by atoms with Crippen LogP contribution in [0.2, 0.25) is 0 Å². The maximum atomic E-state index is 8.95. The van der Waals surface area contributed by atoms with Gasteiger partial charge in [0.15, 0.2) is 0 Å². The minimum Gasteiger partial charge on any atom is -0.371 e. The van der Waals surface area contributed by atoms with Crippen LogP contribution in [0.1, 0.15) is 25.3 Å². The molecule has 0 aromatic heterocycles. The lowest BCUT2D eigenvalue weighted by atomic mass is 10.2. The SMILES string of the molecule is CCN(CC1CC1)c1cc(Br)cc(C#N)c1. The van der Waals surface area contributed by atoms with Gasteiger partial charge in [-0.25, -0.2) is 0 Å². The third kappa shape index (κ3) is 2.76. The van der Waals surface area contributed by atoms with Gasteiger partial charge in [-0.05, 0) is 43.9 Å². The lowest BCUT2D eigenvalue weighted by Gasteiger charge is -2.23. The molecule has 0 spiro atoms. The van der Waals surface area contributed by atoms with Crippen LogP contribution < -0.4 is 4.90 Å². The van der Waals surface area contributed by atoms with Gasteiger partial charge in [-0.2, -0.15) is 5.26 Å². The first-order chi connectivity index (χ1) is 7.72. The standard InChI is InChI=1S/C13H15BrN2/c1-2-16(9-10-3-4-10)13-6-11(8-15)5-12(14)7-13/h5-7,10H,2-4,9H2,1H3. The van der Waals surface area contributed by atoms with E-state index in [2.05, 4.69) is 39.9 Å². The zero-order valence-corrected chi connectivity index (χ0v) is 11.0. The lowest BCUT2D eigenvalue weighted by molar-refractivity contribution is 0.742. The smallest absolute Gasteiger partial charge is 0.0992 e. The molecule has 2 nitrogen and oxygen atoms in total. The van der Waals surface area contributed by atoms with Crippen molar-refractivity contribution in [2.24, 2.45) is 5.92 Å². The fraction of sp³-hybridized carbons (Fsp3) is 0.462. The zero-order valence-electron chi connectivity index (χ0n) is 9.41. The molecule has 0 atom stereocenters. The van der Waals surface area contributed by atoms with Gasteiger partial charge in [0.25, 0.3) is 0 Å². The number of benzene rings is 1. The van der Waals surface area contributed by atoms with Gasteiger partial charge in [0.2, 0.25) is 0 Å². The Morgan fingerprint density at radius 3 is 2.75 bits per heavy atom. The van der Waals surface area contributed by atoms with Gasteiger partial charge in [0, 0.05) is 23.2 Å². The van der Waals surface area contributed by atoms with Crippen LogP contribution >= 0.6 is 15.9 Å². The Labute approximate surface area is 105 Å². The molecule has 16 heavy (non-hydrogen) atoms. The minimum atomic E-state index is 0.721. The van der Waals surface area contributed by atoms with Crippen LogP contribution in [-0.4, -0.2) is 13.1 Å². The van der Waals surface area contributed by atoms with E-state index in [1.807, 2.05) is 12.1 Å². The van der Waals surface area contributed by atoms with E-state index >= 15 is 0 Å². The summed E-state index contributed by atoms with van der Waals surface area (Å²) in [7, 11) is 0. The number of rotatable bonds is 4. The van der Waals surface area contributed by atoms with Crippen LogP contribution in [-0.2, 0) is 0 Å². The van der Waals surface area contributed by atoms with Gasteiger partial charge >= 0.3 is 0 Å². The van der Waals surface area contributed by atoms with Crippen molar-refractivity contribution in [3.8, 4) is 6.07 Å². The molecular weight excluding hydrogens is 264 g/mol. The van der Waals surface area contributed by atoms with Crippen molar-refractivity contribution in [1.82, 2.24) is 0 Å². The third-order valence-corrected chi connectivity index (χ3v) is 3.39. The Balaban J connectivity index is 2.22. The van der Waals surface area contributed by atoms with Gasteiger partial charge in [-0.3, -0.25) is 0 Å². The highest BCUT2D eigenvalue weighted by Gasteiger charge is 2.24. The Kier molecular flexibility index (Phi) is 3.50. The van der Waals surface area contributed by atoms with Crippen LogP contribution in [0.15, 0.2) is 22.7 Å². The molecule has 0 N–H and O–H groups in total. The predicted octanol–water partition coefficient (Wildman–Crippen LogP) is 3.56. The molecule has 1 aromatic rings. The summed E-state index contributed by atoms with van der Waals surface area (Å²) in [6.07, 6.45) is 2.71. The van der Waals surface area contributed by atoms with Crippen molar-refractivity contribution in [2.45, 2.75) is 19.8 Å². The Morgan fingerprint density at radius 1 is 1.44 bits per heavy atom. The van der Waals surface area contributed by atoms with Crippen molar-refractivity contribution in [3.63, 3.8) is 0 Å². The maximum absolute atomic E-state index is 8.95. The monoisotopic (exact) mass is 278 g/mol. The molecule has 3 heteroatoms. The Bertz CT molecular complexity index is 418. The molecule has 1 aliphatic rings. The van der Waals surface area contributed by atoms with Crippen LogP contribution in [0.4, 0.5) is 5.69 Å². The summed E-state index contributed by atoms with van der Waals surface area (Å²) in [6.45, 7) is 4.28. The fourth-order valence-corrected chi connectivity index (χ4v) is 2.33. The number of hydrogen-bond acceptors (Lipinski definition) is 2. The van der Waals surface area contributed by atoms with Crippen molar-refractivity contribution in [1.29, 1.82) is 5.26 Å². The first kappa shape index (κ1) is 11.5. The van der Waals surface area contributed by atoms with Crippen LogP contribution in [0.5, 0.6) is 0 Å². The summed E-state index contributed by atoms with van der Waals surface area (Å²) in [5.74, 6) is 0.865. The summed E-state index contributed by atoms with van der Waals surface area (Å²) in [5, 5.41) is 8.95. The number of nitrogens with zero attached hydrogens (tertiary/aromatic N) is 2. The largest absolute Gasteiger partial charge is 0.371 e. The van der Waals surface area contributed by atoms with Crippen molar-refractivity contribution >= 4 is 21.6 Å². The number of halogens is 1. The molecule has 1 aliphatic carbocycles. The van der Waals surface area contributed by atoms with Gasteiger partial charge < -0.3 is 4.90 Å². The van der Waals surface area contributed by atoms with Crippen molar-refractivity contribution in [2.75, 3.05) is 18.0 Å². The van der Waals surface area contributed by atoms with Gasteiger partial charge in [-0.15, -0.1) is 0 Å². The summed E-state index contributed by atoms with van der Waals surface area (Å²) < 4.78 is 0.982. The number of nitriles is 1. The van der Waals surface area contributed by atoms with E-state index in [0.717, 1.165) is 34.7 Å². The Morgan fingerprint density at radius 2 is 2.19 bits per heavy atom. The molecular formula is C13H15BrN2. The Hall–Kier alpha value is -1.01. The van der Waals surface area contributed by atoms with Crippen LogP contribution in [0.25, 0.3) is 0 Å². The molecule has 0 unspecified atom stereocenters. The van der Waals surface area contributed by atoms with E-state index in [4.69, 9.17) is 5.26 Å². The second-order valence-electron chi connectivity index (χ2n) is 4.29. The molecule has 0 amide bonds. The minimum absolute atomic E-state index is 0.721. The first-order valence-corrected chi connectivity index (χ1v) is 6.48. The topological polar surface area (TPSA) is 27.0 Å². The first-order valence-electron chi connectivity index (χ1n) is 5.68. The van der Waals surface area contributed by atoms with Gasteiger partial charge in [0.05, 0.1) is 11.6 Å². The molecule has 0 saturated heterocycles. The molecule has 0 bridgehead atoms. The van der Waals surface area contributed by atoms with Crippen molar-refractivity contribution in [3.05, 3.63) is 28.2 Å². The van der Waals surface area contributed by atoms with Gasteiger partial charge in [0.1, 0.15) is 0 Å². The van der Waals surface area contributed by atoms with E-state index in [1.165, 1.54) is 12.8 Å². The molecule has 1 aromatic carbocycles. The van der Waals surface area contributed by atoms with E-state index in [0.29, 0.717) is 0 Å². The molecule has 0 radical (unpaired) electrons. The molecule has 0 heterocycles. The van der Waals surface area contributed by atoms with E-state index in [9.17, 15) is 0 Å². The maximum Gasteiger partial charge on any atom is 0.0992 e. The zero-order chi connectivity index (χ0) is 11.5. The average Bonchev–Trinajstić information content (AvgIpc) is 3.08. The molecule has 2 rings (SSSR count). The third-order valence-electron chi connectivity index (χ3n) is 2.93. The number of anilines is 1.